The number of carbonyl (C=O) groups excluding carboxylic acids is 2. The topological polar surface area (TPSA) is 89.5 Å². The Morgan fingerprint density at radius 2 is 0.909 bits per heavy atom. The van der Waals surface area contributed by atoms with Crippen LogP contribution in [0.25, 0.3) is 21.5 Å². The fourth-order valence-corrected chi connectivity index (χ4v) is 4.97. The van der Waals surface area contributed by atoms with Gasteiger partial charge in [-0.25, -0.2) is 0 Å². The average molecular weight is 611 g/mol. The van der Waals surface area contributed by atoms with Gasteiger partial charge < -0.3 is 28.4 Å². The van der Waals surface area contributed by atoms with E-state index < -0.39 is 12.2 Å². The van der Waals surface area contributed by atoms with Gasteiger partial charge >= 0.3 is 11.9 Å². The maximum absolute atomic E-state index is 12.5. The lowest BCUT2D eigenvalue weighted by atomic mass is 10.0. The van der Waals surface area contributed by atoms with Gasteiger partial charge in [-0.15, -0.1) is 0 Å². The van der Waals surface area contributed by atoms with Gasteiger partial charge in [0, 0.05) is 47.6 Å². The molecule has 0 spiro atoms. The van der Waals surface area contributed by atoms with Crippen LogP contribution in [-0.4, -0.2) is 63.8 Å². The Hall–Kier alpha value is -3.36. The molecule has 0 radical (unpaired) electrons. The first-order valence-electron chi connectivity index (χ1n) is 16.3. The lowest BCUT2D eigenvalue weighted by Gasteiger charge is -2.23. The molecular formula is C36H50O8. The van der Waals surface area contributed by atoms with Gasteiger partial charge in [0.25, 0.3) is 0 Å². The molecule has 8 nitrogen and oxygen atoms in total. The highest BCUT2D eigenvalue weighted by Gasteiger charge is 2.22. The van der Waals surface area contributed by atoms with Crippen LogP contribution in [0.15, 0.2) is 48.5 Å². The summed E-state index contributed by atoms with van der Waals surface area (Å²) in [5, 5.41) is 3.46. The van der Waals surface area contributed by atoms with Crippen molar-refractivity contribution in [1.82, 2.24) is 0 Å². The van der Waals surface area contributed by atoms with Crippen LogP contribution in [0.1, 0.15) is 79.1 Å². The predicted molar refractivity (Wildman–Crippen MR) is 173 cm³/mol. The van der Waals surface area contributed by atoms with Gasteiger partial charge in [0.1, 0.15) is 24.7 Å². The number of hydrogen-bond acceptors (Lipinski definition) is 8. The van der Waals surface area contributed by atoms with Crippen molar-refractivity contribution in [2.75, 3.05) is 39.6 Å². The number of carbonyl (C=O) groups is 2. The van der Waals surface area contributed by atoms with Gasteiger partial charge in [-0.05, 0) is 26.7 Å². The Labute approximate surface area is 262 Å². The van der Waals surface area contributed by atoms with Gasteiger partial charge in [0.15, 0.2) is 12.2 Å². The Morgan fingerprint density at radius 1 is 0.545 bits per heavy atom. The van der Waals surface area contributed by atoms with Crippen LogP contribution in [0, 0.1) is 0 Å². The quantitative estimate of drug-likeness (QED) is 0.0647. The molecule has 0 aliphatic rings. The SMILES string of the molecule is CCCCCC(=O)OC(COCC)COc1c2ccccc2c(OCC(COCC)OC(=O)CCCCC)c2ccccc12. The third kappa shape index (κ3) is 11.0. The van der Waals surface area contributed by atoms with Crippen molar-refractivity contribution in [2.45, 2.75) is 91.3 Å². The van der Waals surface area contributed by atoms with E-state index in [4.69, 9.17) is 28.4 Å². The van der Waals surface area contributed by atoms with Gasteiger partial charge in [-0.1, -0.05) is 88.1 Å². The van der Waals surface area contributed by atoms with E-state index in [1.807, 2.05) is 62.4 Å². The standard InChI is InChI=1S/C36H50O8/c1-5-9-11-21-33(37)43-27(23-39-7-3)25-41-35-29-17-13-15-19-31(29)36(32-20-16-14-18-30(32)35)42-26-28(24-40-8-4)44-34(38)22-12-10-6-2/h13-20,27-28H,5-12,21-26H2,1-4H3. The summed E-state index contributed by atoms with van der Waals surface area (Å²) in [6, 6.07) is 15.8. The second-order valence-corrected chi connectivity index (χ2v) is 10.8. The van der Waals surface area contributed by atoms with E-state index in [2.05, 4.69) is 13.8 Å². The summed E-state index contributed by atoms with van der Waals surface area (Å²) in [5.41, 5.74) is 0. The molecule has 0 saturated heterocycles. The van der Waals surface area contributed by atoms with Crippen LogP contribution >= 0.6 is 0 Å². The molecule has 0 aromatic heterocycles. The summed E-state index contributed by atoms with van der Waals surface area (Å²) in [4.78, 5) is 25.0. The first-order chi connectivity index (χ1) is 21.5. The molecule has 2 atom stereocenters. The first-order valence-corrected chi connectivity index (χ1v) is 16.3. The summed E-state index contributed by atoms with van der Waals surface area (Å²) in [6.07, 6.45) is 5.35. The second-order valence-electron chi connectivity index (χ2n) is 10.8. The summed E-state index contributed by atoms with van der Waals surface area (Å²) in [7, 11) is 0. The molecule has 0 N–H and O–H groups in total. The largest absolute Gasteiger partial charge is 0.488 e. The van der Waals surface area contributed by atoms with Crippen molar-refractivity contribution in [1.29, 1.82) is 0 Å². The lowest BCUT2D eigenvalue weighted by molar-refractivity contribution is -0.155. The lowest BCUT2D eigenvalue weighted by Crippen LogP contribution is -2.30. The van der Waals surface area contributed by atoms with Crippen molar-refractivity contribution in [3.05, 3.63) is 48.5 Å². The fourth-order valence-electron chi connectivity index (χ4n) is 4.97. The minimum atomic E-state index is -0.538. The van der Waals surface area contributed by atoms with E-state index in [0.717, 1.165) is 60.1 Å². The van der Waals surface area contributed by atoms with Crippen LogP contribution in [0.2, 0.25) is 0 Å². The highest BCUT2D eigenvalue weighted by atomic mass is 16.6. The van der Waals surface area contributed by atoms with Crippen molar-refractivity contribution in [3.63, 3.8) is 0 Å². The summed E-state index contributed by atoms with van der Waals surface area (Å²) < 4.78 is 35.7. The molecule has 0 aliphatic carbocycles. The number of ether oxygens (including phenoxy) is 6. The number of rotatable bonds is 22. The third-order valence-corrected chi connectivity index (χ3v) is 7.24. The normalized spacial score (nSPS) is 12.6. The van der Waals surface area contributed by atoms with Crippen molar-refractivity contribution in [3.8, 4) is 11.5 Å². The molecule has 0 amide bonds. The van der Waals surface area contributed by atoms with E-state index in [0.29, 0.717) is 37.6 Å². The Balaban J connectivity index is 1.86. The van der Waals surface area contributed by atoms with Gasteiger partial charge in [0.05, 0.1) is 13.2 Å². The number of esters is 2. The molecule has 0 heterocycles. The number of unbranched alkanes of at least 4 members (excludes halogenated alkanes) is 4. The summed E-state index contributed by atoms with van der Waals surface area (Å²) in [6.45, 7) is 9.87. The smallest absolute Gasteiger partial charge is 0.306 e. The Bertz CT molecular complexity index is 1130. The zero-order chi connectivity index (χ0) is 31.6. The van der Waals surface area contributed by atoms with Crippen LogP contribution in [0.4, 0.5) is 0 Å². The maximum Gasteiger partial charge on any atom is 0.306 e. The summed E-state index contributed by atoms with van der Waals surface area (Å²) >= 11 is 0. The molecule has 242 valence electrons. The minimum Gasteiger partial charge on any atom is -0.488 e. The van der Waals surface area contributed by atoms with Crippen LogP contribution < -0.4 is 9.47 Å². The molecule has 3 rings (SSSR count). The molecule has 3 aromatic carbocycles. The minimum absolute atomic E-state index is 0.151. The van der Waals surface area contributed by atoms with Crippen molar-refractivity contribution < 1.29 is 38.0 Å². The zero-order valence-electron chi connectivity index (χ0n) is 26.9. The van der Waals surface area contributed by atoms with Crippen LogP contribution in [0.3, 0.4) is 0 Å². The Morgan fingerprint density at radius 3 is 1.23 bits per heavy atom. The van der Waals surface area contributed by atoms with Crippen molar-refractivity contribution >= 4 is 33.5 Å². The molecule has 0 bridgehead atoms. The van der Waals surface area contributed by atoms with Crippen LogP contribution in [0.5, 0.6) is 11.5 Å². The predicted octanol–water partition coefficient (Wildman–Crippen LogP) is 7.81. The molecular weight excluding hydrogens is 560 g/mol. The van der Waals surface area contributed by atoms with E-state index in [-0.39, 0.29) is 38.4 Å². The molecule has 44 heavy (non-hydrogen) atoms. The Kier molecular flexibility index (Phi) is 15.8. The molecule has 0 saturated carbocycles. The highest BCUT2D eigenvalue weighted by molar-refractivity contribution is 6.11. The first kappa shape index (κ1) is 35.1. The number of benzene rings is 3. The van der Waals surface area contributed by atoms with Crippen LogP contribution in [-0.2, 0) is 28.5 Å². The number of fused-ring (bicyclic) bond motifs is 2. The van der Waals surface area contributed by atoms with E-state index in [1.54, 1.807) is 0 Å². The monoisotopic (exact) mass is 610 g/mol. The average Bonchev–Trinajstić information content (AvgIpc) is 3.03. The highest BCUT2D eigenvalue weighted by Crippen LogP contribution is 2.42. The molecule has 0 aliphatic heterocycles. The molecule has 3 aromatic rings. The van der Waals surface area contributed by atoms with E-state index in [1.165, 1.54) is 0 Å². The number of hydrogen-bond donors (Lipinski definition) is 0. The second kappa shape index (κ2) is 19.8. The molecule has 2 unspecified atom stereocenters. The molecule has 8 heteroatoms. The fraction of sp³-hybridized carbons (Fsp3) is 0.556. The summed E-state index contributed by atoms with van der Waals surface area (Å²) in [5.74, 6) is 0.886. The van der Waals surface area contributed by atoms with E-state index >= 15 is 0 Å². The third-order valence-electron chi connectivity index (χ3n) is 7.24. The molecule has 0 fully saturated rings. The zero-order valence-corrected chi connectivity index (χ0v) is 26.9. The van der Waals surface area contributed by atoms with E-state index in [9.17, 15) is 9.59 Å². The van der Waals surface area contributed by atoms with Gasteiger partial charge in [0.2, 0.25) is 0 Å². The van der Waals surface area contributed by atoms with Crippen molar-refractivity contribution in [2.24, 2.45) is 0 Å². The maximum atomic E-state index is 12.5. The van der Waals surface area contributed by atoms with Gasteiger partial charge in [-0.2, -0.15) is 0 Å². The van der Waals surface area contributed by atoms with Gasteiger partial charge in [-0.3, -0.25) is 9.59 Å².